The van der Waals surface area contributed by atoms with Crippen LogP contribution in [-0.4, -0.2) is 22.2 Å². The van der Waals surface area contributed by atoms with Crippen LogP contribution in [0.3, 0.4) is 0 Å². The number of aromatic nitrogens is 2. The minimum Gasteiger partial charge on any atom is -0.406 e. The predicted molar refractivity (Wildman–Crippen MR) is 133 cm³/mol. The lowest BCUT2D eigenvalue weighted by Gasteiger charge is -2.10. The Kier molecular flexibility index (Phi) is 6.34. The summed E-state index contributed by atoms with van der Waals surface area (Å²) in [4.78, 5) is 23.0. The molecule has 0 aliphatic heterocycles. The molecule has 0 atom stereocenters. The molecule has 0 saturated carbocycles. The van der Waals surface area contributed by atoms with Crippen LogP contribution in [0.4, 0.5) is 17.6 Å². The zero-order valence-electron chi connectivity index (χ0n) is 18.9. The van der Waals surface area contributed by atoms with Gasteiger partial charge in [-0.25, -0.2) is 14.4 Å². The molecule has 0 aliphatic rings. The molecule has 2 N–H and O–H groups in total. The van der Waals surface area contributed by atoms with E-state index in [0.29, 0.717) is 33.4 Å². The van der Waals surface area contributed by atoms with E-state index in [2.05, 4.69) is 9.72 Å². The second-order valence-electron chi connectivity index (χ2n) is 8.08. The Bertz CT molecular complexity index is 1610. The number of carbonyl (C=O) groups is 1. The number of hydrogen-bond donors (Lipinski definition) is 1. The Morgan fingerprint density at radius 1 is 0.919 bits per heavy atom. The first kappa shape index (κ1) is 24.4. The fraction of sp³-hybridized carbons (Fsp3) is 0.0741. The summed E-state index contributed by atoms with van der Waals surface area (Å²) < 4.78 is 55.1. The number of thiophene rings is 1. The molecule has 0 fully saturated rings. The summed E-state index contributed by atoms with van der Waals surface area (Å²) in [6.07, 6.45) is -4.51. The highest BCUT2D eigenvalue weighted by Crippen LogP contribution is 2.33. The van der Waals surface area contributed by atoms with Crippen molar-refractivity contribution in [1.29, 1.82) is 0 Å². The Morgan fingerprint density at radius 2 is 1.68 bits per heavy atom. The molecule has 0 spiro atoms. The number of hydrogen-bond acceptors (Lipinski definition) is 5. The summed E-state index contributed by atoms with van der Waals surface area (Å²) in [5.74, 6) is -1.42. The van der Waals surface area contributed by atoms with Crippen molar-refractivity contribution in [3.63, 3.8) is 0 Å². The topological polar surface area (TPSA) is 78.1 Å². The molecule has 2 aromatic heterocycles. The van der Waals surface area contributed by atoms with Gasteiger partial charge in [-0.1, -0.05) is 24.3 Å². The van der Waals surface area contributed by atoms with E-state index >= 15 is 0 Å². The molecule has 5 nitrogen and oxygen atoms in total. The first-order valence-electron chi connectivity index (χ1n) is 11.0. The van der Waals surface area contributed by atoms with E-state index in [4.69, 9.17) is 10.7 Å². The minimum absolute atomic E-state index is 0.0347. The molecule has 2 heterocycles. The summed E-state index contributed by atoms with van der Waals surface area (Å²) in [6.45, 7) is 0. The van der Waals surface area contributed by atoms with Gasteiger partial charge in [0.25, 0.3) is 5.91 Å². The van der Waals surface area contributed by atoms with Crippen LogP contribution >= 0.6 is 11.3 Å². The second-order valence-corrected chi connectivity index (χ2v) is 9.25. The highest BCUT2D eigenvalue weighted by molar-refractivity contribution is 7.15. The Labute approximate surface area is 212 Å². The summed E-state index contributed by atoms with van der Waals surface area (Å²) in [7, 11) is 0. The van der Waals surface area contributed by atoms with Gasteiger partial charge in [-0.15, -0.1) is 24.5 Å². The zero-order valence-corrected chi connectivity index (χ0v) is 19.7. The maximum Gasteiger partial charge on any atom is 0.573 e. The van der Waals surface area contributed by atoms with Crippen molar-refractivity contribution >= 4 is 28.3 Å². The van der Waals surface area contributed by atoms with E-state index in [1.54, 1.807) is 30.3 Å². The molecule has 1 amide bonds. The standard InChI is InChI=1S/C27H17F4N3O2S/c28-17-4-1-3-16(13-17)20-5-2-6-21-24(20)34-22(25(33-21)26(32)35)14-19-11-12-23(37-19)15-7-9-18(10-8-15)36-27(29,30)31/h1-13H,14H2,(H2,32,35). The highest BCUT2D eigenvalue weighted by Gasteiger charge is 2.31. The molecule has 10 heteroatoms. The van der Waals surface area contributed by atoms with Crippen LogP contribution < -0.4 is 10.5 Å². The van der Waals surface area contributed by atoms with Crippen LogP contribution in [0.5, 0.6) is 5.75 Å². The third-order valence-corrected chi connectivity index (χ3v) is 6.65. The number of rotatable bonds is 6. The molecule has 0 aliphatic carbocycles. The summed E-state index contributed by atoms with van der Waals surface area (Å²) in [5, 5.41) is 0. The van der Waals surface area contributed by atoms with E-state index in [9.17, 15) is 22.4 Å². The number of benzene rings is 3. The van der Waals surface area contributed by atoms with Crippen molar-refractivity contribution in [2.45, 2.75) is 12.8 Å². The van der Waals surface area contributed by atoms with Crippen LogP contribution in [0, 0.1) is 5.82 Å². The molecule has 5 aromatic rings. The van der Waals surface area contributed by atoms with Gasteiger partial charge in [0.05, 0.1) is 16.7 Å². The van der Waals surface area contributed by atoms with Gasteiger partial charge in [0.1, 0.15) is 11.6 Å². The Balaban J connectivity index is 1.49. The predicted octanol–water partition coefficient (Wildman–Crippen LogP) is 6.75. The van der Waals surface area contributed by atoms with Gasteiger partial charge in [-0.05, 0) is 65.7 Å². The van der Waals surface area contributed by atoms with Gasteiger partial charge in [0.2, 0.25) is 0 Å². The number of alkyl halides is 3. The maximum atomic E-state index is 13.9. The zero-order chi connectivity index (χ0) is 26.2. The van der Waals surface area contributed by atoms with Crippen LogP contribution in [0.1, 0.15) is 21.1 Å². The number of carbonyl (C=O) groups excluding carboxylic acids is 1. The van der Waals surface area contributed by atoms with Gasteiger partial charge < -0.3 is 10.5 Å². The number of ether oxygens (including phenoxy) is 1. The highest BCUT2D eigenvalue weighted by atomic mass is 32.1. The van der Waals surface area contributed by atoms with Crippen LogP contribution in [-0.2, 0) is 6.42 Å². The number of nitrogens with two attached hydrogens (primary N) is 1. The number of halogens is 4. The van der Waals surface area contributed by atoms with Crippen molar-refractivity contribution < 1.29 is 27.1 Å². The number of amides is 1. The van der Waals surface area contributed by atoms with E-state index in [1.165, 1.54) is 47.7 Å². The average molecular weight is 524 g/mol. The van der Waals surface area contributed by atoms with Gasteiger partial charge in [0.15, 0.2) is 5.69 Å². The van der Waals surface area contributed by atoms with Crippen molar-refractivity contribution in [3.05, 3.63) is 101 Å². The molecule has 186 valence electrons. The van der Waals surface area contributed by atoms with Crippen molar-refractivity contribution in [2.75, 3.05) is 0 Å². The molecule has 0 radical (unpaired) electrons. The Morgan fingerprint density at radius 3 is 2.38 bits per heavy atom. The number of primary amides is 1. The molecular weight excluding hydrogens is 506 g/mol. The van der Waals surface area contributed by atoms with Crippen LogP contribution in [0.2, 0.25) is 0 Å². The molecule has 0 saturated heterocycles. The fourth-order valence-electron chi connectivity index (χ4n) is 3.94. The quantitative estimate of drug-likeness (QED) is 0.250. The van der Waals surface area contributed by atoms with Gasteiger partial charge in [-0.3, -0.25) is 4.79 Å². The minimum atomic E-state index is -4.76. The van der Waals surface area contributed by atoms with Crippen LogP contribution in [0.25, 0.3) is 32.6 Å². The summed E-state index contributed by atoms with van der Waals surface area (Å²) in [6, 6.07) is 20.6. The van der Waals surface area contributed by atoms with E-state index in [0.717, 1.165) is 9.75 Å². The monoisotopic (exact) mass is 523 g/mol. The van der Waals surface area contributed by atoms with Gasteiger partial charge in [-0.2, -0.15) is 0 Å². The molecule has 37 heavy (non-hydrogen) atoms. The molecule has 0 bridgehead atoms. The molecule has 0 unspecified atom stereocenters. The van der Waals surface area contributed by atoms with E-state index < -0.39 is 12.3 Å². The van der Waals surface area contributed by atoms with Gasteiger partial charge >= 0.3 is 6.36 Å². The summed E-state index contributed by atoms with van der Waals surface area (Å²) >= 11 is 1.40. The third kappa shape index (κ3) is 5.44. The Hall–Kier alpha value is -4.31. The molecular formula is C27H17F4N3O2S. The lowest BCUT2D eigenvalue weighted by Crippen LogP contribution is -2.17. The SMILES string of the molecule is NC(=O)c1nc2cccc(-c3cccc(F)c3)c2nc1Cc1ccc(-c2ccc(OC(F)(F)F)cc2)s1. The van der Waals surface area contributed by atoms with Crippen molar-refractivity contribution in [3.8, 4) is 27.3 Å². The van der Waals surface area contributed by atoms with Gasteiger partial charge in [0, 0.05) is 21.7 Å². The van der Waals surface area contributed by atoms with Crippen LogP contribution in [0.15, 0.2) is 78.9 Å². The number of para-hydroxylation sites is 1. The fourth-order valence-corrected chi connectivity index (χ4v) is 4.95. The average Bonchev–Trinajstić information content (AvgIpc) is 3.31. The largest absolute Gasteiger partial charge is 0.573 e. The molecule has 5 rings (SSSR count). The van der Waals surface area contributed by atoms with Crippen molar-refractivity contribution in [1.82, 2.24) is 9.97 Å². The number of fused-ring (bicyclic) bond motifs is 1. The summed E-state index contributed by atoms with van der Waals surface area (Å²) in [5.41, 5.74) is 8.95. The van der Waals surface area contributed by atoms with E-state index in [-0.39, 0.29) is 23.7 Å². The van der Waals surface area contributed by atoms with E-state index in [1.807, 2.05) is 12.1 Å². The second kappa shape index (κ2) is 9.62. The lowest BCUT2D eigenvalue weighted by molar-refractivity contribution is -0.274. The first-order chi connectivity index (χ1) is 17.7. The third-order valence-electron chi connectivity index (χ3n) is 5.51. The smallest absolute Gasteiger partial charge is 0.406 e. The van der Waals surface area contributed by atoms with Crippen molar-refractivity contribution in [2.24, 2.45) is 5.73 Å². The maximum absolute atomic E-state index is 13.9. The first-order valence-corrected chi connectivity index (χ1v) is 11.8. The molecule has 3 aromatic carbocycles. The normalized spacial score (nSPS) is 11.6. The number of nitrogens with zero attached hydrogens (tertiary/aromatic N) is 2. The lowest BCUT2D eigenvalue weighted by atomic mass is 10.0.